The minimum Gasteiger partial charge on any atom is -0.310 e. The lowest BCUT2D eigenvalue weighted by molar-refractivity contribution is 0.435. The van der Waals surface area contributed by atoms with Gasteiger partial charge in [-0.05, 0) is 202 Å². The van der Waals surface area contributed by atoms with Crippen LogP contribution in [0.2, 0.25) is 0 Å². The average Bonchev–Trinajstić information content (AvgIpc) is 3.64. The van der Waals surface area contributed by atoms with Crippen molar-refractivity contribution in [1.29, 1.82) is 0 Å². The molecule has 0 bridgehead atoms. The molecule has 0 radical (unpaired) electrons. The first kappa shape index (κ1) is 43.6. The van der Waals surface area contributed by atoms with Crippen LogP contribution < -0.4 is 4.90 Å². The van der Waals surface area contributed by atoms with Crippen LogP contribution in [0.3, 0.4) is 0 Å². The summed E-state index contributed by atoms with van der Waals surface area (Å²) < 4.78 is 0. The SMILES string of the molecule is CC1(C)c2ccccc2-c2ccc(N(c3ccc(-c4cccc(C5CCCCC5)c4)cc3)c3cc(-c4cccc(-c5cc(C6CCCCC6)cc(C6CCCCC6)c5)c4)cc4c3CCCC4)cc21. The Bertz CT molecular complexity index is 2890. The molecule has 0 atom stereocenters. The lowest BCUT2D eigenvalue weighted by Gasteiger charge is -2.32. The van der Waals surface area contributed by atoms with Gasteiger partial charge in [0.15, 0.2) is 0 Å². The van der Waals surface area contributed by atoms with E-state index in [1.807, 2.05) is 0 Å². The summed E-state index contributed by atoms with van der Waals surface area (Å²) in [5, 5.41) is 0. The minimum absolute atomic E-state index is 0.0896. The van der Waals surface area contributed by atoms with Gasteiger partial charge in [0.2, 0.25) is 0 Å². The molecule has 0 heterocycles. The van der Waals surface area contributed by atoms with Gasteiger partial charge < -0.3 is 4.90 Å². The quantitative estimate of drug-likeness (QED) is 0.140. The van der Waals surface area contributed by atoms with Crippen LogP contribution in [0.5, 0.6) is 0 Å². The average molecular weight is 890 g/mol. The molecule has 0 N–H and O–H groups in total. The van der Waals surface area contributed by atoms with Gasteiger partial charge in [0.25, 0.3) is 0 Å². The van der Waals surface area contributed by atoms with E-state index >= 15 is 0 Å². The Balaban J connectivity index is 0.974. The Morgan fingerprint density at radius 3 is 1.59 bits per heavy atom. The highest BCUT2D eigenvalue weighted by atomic mass is 15.1. The summed E-state index contributed by atoms with van der Waals surface area (Å²) in [6.45, 7) is 4.83. The van der Waals surface area contributed by atoms with Gasteiger partial charge in [-0.15, -0.1) is 0 Å². The van der Waals surface area contributed by atoms with Gasteiger partial charge in [0.05, 0.1) is 5.69 Å². The fourth-order valence-electron chi connectivity index (χ4n) is 13.7. The minimum atomic E-state index is -0.0896. The topological polar surface area (TPSA) is 3.24 Å². The Labute approximate surface area is 408 Å². The van der Waals surface area contributed by atoms with Gasteiger partial charge in [-0.2, -0.15) is 0 Å². The molecule has 0 unspecified atom stereocenters. The van der Waals surface area contributed by atoms with E-state index in [-0.39, 0.29) is 5.41 Å². The summed E-state index contributed by atoms with van der Waals surface area (Å²) in [5.41, 5.74) is 25.1. The Morgan fingerprint density at radius 1 is 0.368 bits per heavy atom. The van der Waals surface area contributed by atoms with Crippen molar-refractivity contribution >= 4 is 17.1 Å². The summed E-state index contributed by atoms with van der Waals surface area (Å²) >= 11 is 0. The van der Waals surface area contributed by atoms with Gasteiger partial charge in [-0.25, -0.2) is 0 Å². The lowest BCUT2D eigenvalue weighted by Crippen LogP contribution is -2.18. The van der Waals surface area contributed by atoms with E-state index in [9.17, 15) is 0 Å². The van der Waals surface area contributed by atoms with E-state index in [1.54, 1.807) is 11.1 Å². The van der Waals surface area contributed by atoms with Crippen molar-refractivity contribution in [2.45, 2.75) is 159 Å². The zero-order valence-electron chi connectivity index (χ0n) is 41.0. The van der Waals surface area contributed by atoms with Crippen molar-refractivity contribution in [3.05, 3.63) is 185 Å². The van der Waals surface area contributed by atoms with Crippen LogP contribution in [0.1, 0.15) is 180 Å². The van der Waals surface area contributed by atoms with Gasteiger partial charge >= 0.3 is 0 Å². The molecule has 0 amide bonds. The number of aryl methyl sites for hydroxylation is 1. The van der Waals surface area contributed by atoms with Crippen molar-refractivity contribution in [2.75, 3.05) is 4.90 Å². The smallest absolute Gasteiger partial charge is 0.0502 e. The summed E-state index contributed by atoms with van der Waals surface area (Å²) in [5.74, 6) is 2.09. The standard InChI is InChI=1S/C67H71N/c1-67(2)64-31-15-14-30-62(64)63-37-36-60(45-65(63)67)68(59-34-32-49(33-35-59)51-26-16-25-50(38-51)46-18-6-3-7-19-46)66-44-58(40-54-24-12-13-29-61(54)66)53-28-17-27-52(39-53)57-42-55(47-20-8-4-9-21-47)41-56(43-57)48-22-10-5-11-23-48/h14-17,25-28,30-48H,3-13,18-24,29H2,1-2H3. The van der Waals surface area contributed by atoms with Crippen LogP contribution in [0.4, 0.5) is 17.1 Å². The van der Waals surface area contributed by atoms with Gasteiger partial charge in [0, 0.05) is 16.8 Å². The van der Waals surface area contributed by atoms with Crippen LogP contribution in [-0.2, 0) is 18.3 Å². The molecule has 0 aromatic heterocycles. The maximum atomic E-state index is 2.64. The lowest BCUT2D eigenvalue weighted by atomic mass is 9.78. The summed E-state index contributed by atoms with van der Waals surface area (Å²) in [4.78, 5) is 2.63. The highest BCUT2D eigenvalue weighted by Crippen LogP contribution is 2.52. The first-order valence-corrected chi connectivity index (χ1v) is 27.1. The molecule has 68 heavy (non-hydrogen) atoms. The largest absolute Gasteiger partial charge is 0.310 e. The third kappa shape index (κ3) is 8.37. The van der Waals surface area contributed by atoms with Gasteiger partial charge in [0.1, 0.15) is 0 Å². The van der Waals surface area contributed by atoms with Crippen molar-refractivity contribution in [1.82, 2.24) is 0 Å². The molecule has 344 valence electrons. The molecule has 0 saturated heterocycles. The molecule has 7 aromatic carbocycles. The molecule has 0 aliphatic heterocycles. The van der Waals surface area contributed by atoms with Crippen LogP contribution in [-0.4, -0.2) is 0 Å². The molecule has 3 fully saturated rings. The molecule has 1 heteroatoms. The molecule has 5 aliphatic carbocycles. The zero-order valence-corrected chi connectivity index (χ0v) is 41.0. The zero-order chi connectivity index (χ0) is 45.6. The number of benzene rings is 7. The molecular formula is C67H71N. The van der Waals surface area contributed by atoms with Crippen LogP contribution in [0, 0.1) is 0 Å². The van der Waals surface area contributed by atoms with Crippen LogP contribution in [0.15, 0.2) is 146 Å². The molecule has 1 nitrogen and oxygen atoms in total. The second-order valence-corrected chi connectivity index (χ2v) is 22.2. The number of fused-ring (bicyclic) bond motifs is 4. The first-order valence-electron chi connectivity index (χ1n) is 27.1. The second-order valence-electron chi connectivity index (χ2n) is 22.2. The van der Waals surface area contributed by atoms with Crippen molar-refractivity contribution in [2.24, 2.45) is 0 Å². The van der Waals surface area contributed by atoms with Gasteiger partial charge in [-0.3, -0.25) is 0 Å². The summed E-state index contributed by atoms with van der Waals surface area (Å²) in [6.07, 6.45) is 25.1. The predicted molar refractivity (Wildman–Crippen MR) is 289 cm³/mol. The van der Waals surface area contributed by atoms with E-state index in [1.165, 1.54) is 199 Å². The van der Waals surface area contributed by atoms with E-state index in [2.05, 4.69) is 164 Å². The van der Waals surface area contributed by atoms with E-state index in [0.717, 1.165) is 12.8 Å². The molecule has 3 saturated carbocycles. The number of hydrogen-bond acceptors (Lipinski definition) is 1. The van der Waals surface area contributed by atoms with E-state index in [0.29, 0.717) is 17.8 Å². The third-order valence-electron chi connectivity index (χ3n) is 17.6. The maximum Gasteiger partial charge on any atom is 0.0502 e. The van der Waals surface area contributed by atoms with Crippen molar-refractivity contribution in [3.8, 4) is 44.5 Å². The highest BCUT2D eigenvalue weighted by Gasteiger charge is 2.36. The molecule has 12 rings (SSSR count). The maximum absolute atomic E-state index is 2.64. The Morgan fingerprint density at radius 2 is 0.912 bits per heavy atom. The fourth-order valence-corrected chi connectivity index (χ4v) is 13.7. The number of nitrogens with zero attached hydrogens (tertiary/aromatic N) is 1. The molecular weight excluding hydrogens is 819 g/mol. The Hall–Kier alpha value is -5.66. The van der Waals surface area contributed by atoms with E-state index in [4.69, 9.17) is 0 Å². The number of rotatable bonds is 9. The second kappa shape index (κ2) is 18.7. The Kier molecular flexibility index (Phi) is 12.0. The number of anilines is 3. The first-order chi connectivity index (χ1) is 33.4. The van der Waals surface area contributed by atoms with Crippen molar-refractivity contribution in [3.63, 3.8) is 0 Å². The third-order valence-corrected chi connectivity index (χ3v) is 17.6. The monoisotopic (exact) mass is 890 g/mol. The fraction of sp³-hybridized carbons (Fsp3) is 0.373. The summed E-state index contributed by atoms with van der Waals surface area (Å²) in [6, 6.07) is 58.0. The van der Waals surface area contributed by atoms with Crippen molar-refractivity contribution < 1.29 is 0 Å². The summed E-state index contributed by atoms with van der Waals surface area (Å²) in [7, 11) is 0. The molecule has 7 aromatic rings. The molecule has 5 aliphatic rings. The van der Waals surface area contributed by atoms with Gasteiger partial charge in [-0.1, -0.05) is 181 Å². The predicted octanol–water partition coefficient (Wildman–Crippen LogP) is 19.5. The van der Waals surface area contributed by atoms with Crippen LogP contribution in [0.25, 0.3) is 44.5 Å². The number of hydrogen-bond donors (Lipinski definition) is 0. The van der Waals surface area contributed by atoms with E-state index < -0.39 is 0 Å². The highest BCUT2D eigenvalue weighted by molar-refractivity contribution is 5.88. The molecule has 0 spiro atoms. The van der Waals surface area contributed by atoms with Crippen LogP contribution >= 0.6 is 0 Å². The normalized spacial score (nSPS) is 18.4.